The first-order chi connectivity index (χ1) is 16.0. The largest absolute Gasteiger partial charge is 0.497 e. The lowest BCUT2D eigenvalue weighted by Gasteiger charge is -2.48. The van der Waals surface area contributed by atoms with Gasteiger partial charge in [0.25, 0.3) is 0 Å². The second-order valence-corrected chi connectivity index (χ2v) is 8.12. The molecular formula is C27H27NO5. The minimum absolute atomic E-state index is 0.000367. The Labute approximate surface area is 193 Å². The van der Waals surface area contributed by atoms with Crippen LogP contribution >= 0.6 is 0 Å². The van der Waals surface area contributed by atoms with Crippen LogP contribution in [0.2, 0.25) is 0 Å². The number of esters is 1. The van der Waals surface area contributed by atoms with E-state index in [1.54, 1.807) is 24.1 Å². The predicted molar refractivity (Wildman–Crippen MR) is 125 cm³/mol. The van der Waals surface area contributed by atoms with Crippen molar-refractivity contribution >= 4 is 17.6 Å². The summed E-state index contributed by atoms with van der Waals surface area (Å²) in [6.07, 6.45) is 0.549. The summed E-state index contributed by atoms with van der Waals surface area (Å²) in [4.78, 5) is 26.2. The van der Waals surface area contributed by atoms with E-state index in [1.165, 1.54) is 6.92 Å². The molecule has 6 nitrogen and oxygen atoms in total. The minimum atomic E-state index is -0.605. The molecular weight excluding hydrogens is 418 g/mol. The van der Waals surface area contributed by atoms with Crippen LogP contribution in [0.5, 0.6) is 11.5 Å². The predicted octanol–water partition coefficient (Wildman–Crippen LogP) is 4.63. The third-order valence-electron chi connectivity index (χ3n) is 5.99. The van der Waals surface area contributed by atoms with Crippen LogP contribution in [-0.2, 0) is 9.59 Å². The van der Waals surface area contributed by atoms with Crippen molar-refractivity contribution in [3.05, 3.63) is 90.0 Å². The third-order valence-corrected chi connectivity index (χ3v) is 5.99. The lowest BCUT2D eigenvalue weighted by Crippen LogP contribution is -2.59. The Balaban J connectivity index is 1.56. The second kappa shape index (κ2) is 9.88. The van der Waals surface area contributed by atoms with Gasteiger partial charge in [-0.05, 0) is 60.4 Å². The molecule has 3 aromatic rings. The van der Waals surface area contributed by atoms with Gasteiger partial charge >= 0.3 is 5.97 Å². The lowest BCUT2D eigenvalue weighted by molar-refractivity contribution is -0.132. The maximum atomic E-state index is 13.3. The molecule has 1 aliphatic heterocycles. The molecule has 0 bridgehead atoms. The molecule has 33 heavy (non-hydrogen) atoms. The van der Waals surface area contributed by atoms with Crippen LogP contribution in [0.25, 0.3) is 0 Å². The van der Waals surface area contributed by atoms with Crippen molar-refractivity contribution < 1.29 is 24.2 Å². The average Bonchev–Trinajstić information content (AvgIpc) is 2.83. The number of hydrogen-bond donors (Lipinski definition) is 1. The minimum Gasteiger partial charge on any atom is -0.497 e. The SMILES string of the molecule is COc1ccc(N2C(=O)[C@H](c3ccc(OC(C)=O)cc3)[C@@H]2CC[C@H](O)c2ccccc2)cc1. The molecule has 1 N–H and O–H groups in total. The highest BCUT2D eigenvalue weighted by molar-refractivity contribution is 6.06. The number of β-lactam (4-membered cyclic amide) rings is 1. The number of methoxy groups -OCH3 is 1. The summed E-state index contributed by atoms with van der Waals surface area (Å²) in [6.45, 7) is 1.35. The Morgan fingerprint density at radius 3 is 2.21 bits per heavy atom. The van der Waals surface area contributed by atoms with Crippen LogP contribution in [0.15, 0.2) is 78.9 Å². The van der Waals surface area contributed by atoms with E-state index in [0.717, 1.165) is 22.6 Å². The highest BCUT2D eigenvalue weighted by atomic mass is 16.5. The fraction of sp³-hybridized carbons (Fsp3) is 0.259. The van der Waals surface area contributed by atoms with Crippen LogP contribution in [-0.4, -0.2) is 30.1 Å². The summed E-state index contributed by atoms with van der Waals surface area (Å²) in [5, 5.41) is 10.7. The number of aliphatic hydroxyl groups is 1. The summed E-state index contributed by atoms with van der Waals surface area (Å²) in [5.41, 5.74) is 2.52. The highest BCUT2D eigenvalue weighted by Crippen LogP contribution is 2.43. The molecule has 1 fully saturated rings. The first kappa shape index (κ1) is 22.6. The zero-order chi connectivity index (χ0) is 23.4. The molecule has 4 rings (SSSR count). The average molecular weight is 446 g/mol. The number of anilines is 1. The maximum Gasteiger partial charge on any atom is 0.308 e. The Morgan fingerprint density at radius 2 is 1.61 bits per heavy atom. The van der Waals surface area contributed by atoms with E-state index >= 15 is 0 Å². The Morgan fingerprint density at radius 1 is 0.970 bits per heavy atom. The fourth-order valence-electron chi connectivity index (χ4n) is 4.35. The highest BCUT2D eigenvalue weighted by Gasteiger charge is 2.48. The number of rotatable bonds is 8. The summed E-state index contributed by atoms with van der Waals surface area (Å²) in [6, 6.07) is 23.9. The van der Waals surface area contributed by atoms with Crippen LogP contribution in [0.3, 0.4) is 0 Å². The number of benzene rings is 3. The van der Waals surface area contributed by atoms with Crippen molar-refractivity contribution in [3.63, 3.8) is 0 Å². The standard InChI is InChI=1S/C27H27NO5/c1-18(29)33-23-12-8-20(9-13-23)26-24(16-17-25(30)19-6-4-3-5-7-19)28(27(26)31)21-10-14-22(32-2)15-11-21/h3-15,24-26,30H,16-17H2,1-2H3/t24-,25-,26+/m0/s1. The van der Waals surface area contributed by atoms with Crippen molar-refractivity contribution in [2.24, 2.45) is 0 Å². The van der Waals surface area contributed by atoms with Crippen molar-refractivity contribution in [3.8, 4) is 11.5 Å². The van der Waals surface area contributed by atoms with E-state index in [4.69, 9.17) is 9.47 Å². The molecule has 6 heteroatoms. The Kier molecular flexibility index (Phi) is 6.75. The Hall–Kier alpha value is -3.64. The summed E-state index contributed by atoms with van der Waals surface area (Å²) in [5.74, 6) is 0.448. The van der Waals surface area contributed by atoms with Gasteiger partial charge in [-0.15, -0.1) is 0 Å². The van der Waals surface area contributed by atoms with Crippen molar-refractivity contribution in [1.29, 1.82) is 0 Å². The summed E-state index contributed by atoms with van der Waals surface area (Å²) in [7, 11) is 1.60. The summed E-state index contributed by atoms with van der Waals surface area (Å²) >= 11 is 0. The number of hydrogen-bond acceptors (Lipinski definition) is 5. The van der Waals surface area contributed by atoms with Crippen LogP contribution in [0.1, 0.15) is 42.9 Å². The summed E-state index contributed by atoms with van der Waals surface area (Å²) < 4.78 is 10.4. The molecule has 0 spiro atoms. The normalized spacial score (nSPS) is 18.4. The lowest BCUT2D eigenvalue weighted by atomic mass is 9.78. The Bertz CT molecular complexity index is 1100. The molecule has 170 valence electrons. The third kappa shape index (κ3) is 4.91. The van der Waals surface area contributed by atoms with Gasteiger partial charge < -0.3 is 19.5 Å². The van der Waals surface area contributed by atoms with Gasteiger partial charge in [-0.25, -0.2) is 0 Å². The fourth-order valence-corrected chi connectivity index (χ4v) is 4.35. The molecule has 1 aliphatic rings. The molecule has 0 aliphatic carbocycles. The smallest absolute Gasteiger partial charge is 0.308 e. The van der Waals surface area contributed by atoms with E-state index < -0.39 is 6.10 Å². The topological polar surface area (TPSA) is 76.1 Å². The first-order valence-corrected chi connectivity index (χ1v) is 11.0. The molecule has 0 unspecified atom stereocenters. The maximum absolute atomic E-state index is 13.3. The van der Waals surface area contributed by atoms with E-state index in [1.807, 2.05) is 66.7 Å². The van der Waals surface area contributed by atoms with Gasteiger partial charge in [0, 0.05) is 12.6 Å². The van der Waals surface area contributed by atoms with Gasteiger partial charge in [0.2, 0.25) is 5.91 Å². The molecule has 1 saturated heterocycles. The molecule has 0 aromatic heterocycles. The van der Waals surface area contributed by atoms with Gasteiger partial charge in [0.05, 0.1) is 25.2 Å². The second-order valence-electron chi connectivity index (χ2n) is 8.12. The molecule has 0 saturated carbocycles. The zero-order valence-electron chi connectivity index (χ0n) is 18.7. The van der Waals surface area contributed by atoms with Crippen molar-refractivity contribution in [2.45, 2.75) is 37.8 Å². The van der Waals surface area contributed by atoms with Gasteiger partial charge in [-0.3, -0.25) is 9.59 Å². The number of nitrogens with zero attached hydrogens (tertiary/aromatic N) is 1. The quantitative estimate of drug-likeness (QED) is 0.311. The molecule has 1 heterocycles. The molecule has 0 radical (unpaired) electrons. The van der Waals surface area contributed by atoms with Crippen LogP contribution < -0.4 is 14.4 Å². The molecule has 1 amide bonds. The number of carbonyl (C=O) groups is 2. The molecule has 3 aromatic carbocycles. The van der Waals surface area contributed by atoms with Gasteiger partial charge in [0.1, 0.15) is 11.5 Å². The molecule has 3 atom stereocenters. The number of carbonyl (C=O) groups excluding carboxylic acids is 2. The van der Waals surface area contributed by atoms with Gasteiger partial charge in [-0.1, -0.05) is 42.5 Å². The van der Waals surface area contributed by atoms with E-state index in [9.17, 15) is 14.7 Å². The van der Waals surface area contributed by atoms with Crippen molar-refractivity contribution in [1.82, 2.24) is 0 Å². The van der Waals surface area contributed by atoms with Gasteiger partial charge in [-0.2, -0.15) is 0 Å². The van der Waals surface area contributed by atoms with E-state index in [2.05, 4.69) is 0 Å². The van der Waals surface area contributed by atoms with Crippen molar-refractivity contribution in [2.75, 3.05) is 12.0 Å². The number of aliphatic hydroxyl groups excluding tert-OH is 1. The van der Waals surface area contributed by atoms with E-state index in [0.29, 0.717) is 18.6 Å². The van der Waals surface area contributed by atoms with Crippen LogP contribution in [0, 0.1) is 0 Å². The van der Waals surface area contributed by atoms with E-state index in [-0.39, 0.29) is 23.8 Å². The number of amides is 1. The van der Waals surface area contributed by atoms with Crippen LogP contribution in [0.4, 0.5) is 5.69 Å². The number of ether oxygens (including phenoxy) is 2. The monoisotopic (exact) mass is 445 g/mol. The first-order valence-electron chi connectivity index (χ1n) is 11.0. The zero-order valence-corrected chi connectivity index (χ0v) is 18.7. The van der Waals surface area contributed by atoms with Gasteiger partial charge in [0.15, 0.2) is 0 Å².